The minimum atomic E-state index is -0.709. The van der Waals surface area contributed by atoms with Crippen LogP contribution in [-0.4, -0.2) is 35.0 Å². The maximum absolute atomic E-state index is 12.1. The molecule has 0 unspecified atom stereocenters. The summed E-state index contributed by atoms with van der Waals surface area (Å²) in [6.07, 6.45) is -0.709. The van der Waals surface area contributed by atoms with Crippen molar-refractivity contribution in [3.05, 3.63) is 28.4 Å². The SMILES string of the molecule is CC(C)(C)OC(=O)NCC(=O)Nc1c(C(N)=O)[nH]c2ccc(Br)cc12. The molecule has 0 atom stereocenters. The summed E-state index contributed by atoms with van der Waals surface area (Å²) < 4.78 is 5.83. The summed E-state index contributed by atoms with van der Waals surface area (Å²) in [5.41, 5.74) is 5.69. The van der Waals surface area contributed by atoms with Gasteiger partial charge in [-0.15, -0.1) is 0 Å². The van der Waals surface area contributed by atoms with Crippen LogP contribution in [0.15, 0.2) is 22.7 Å². The number of anilines is 1. The Morgan fingerprint density at radius 2 is 1.96 bits per heavy atom. The van der Waals surface area contributed by atoms with Crippen LogP contribution in [-0.2, 0) is 9.53 Å². The van der Waals surface area contributed by atoms with Crippen LogP contribution < -0.4 is 16.4 Å². The van der Waals surface area contributed by atoms with Crippen molar-refractivity contribution in [1.82, 2.24) is 10.3 Å². The molecule has 5 N–H and O–H groups in total. The smallest absolute Gasteiger partial charge is 0.408 e. The van der Waals surface area contributed by atoms with E-state index in [-0.39, 0.29) is 17.9 Å². The van der Waals surface area contributed by atoms with Crippen LogP contribution in [0.4, 0.5) is 10.5 Å². The Kier molecular flexibility index (Phi) is 5.36. The van der Waals surface area contributed by atoms with E-state index in [9.17, 15) is 14.4 Å². The fraction of sp³-hybridized carbons (Fsp3) is 0.312. The highest BCUT2D eigenvalue weighted by Gasteiger charge is 2.20. The average molecular weight is 411 g/mol. The van der Waals surface area contributed by atoms with E-state index in [0.29, 0.717) is 10.9 Å². The van der Waals surface area contributed by atoms with E-state index in [0.717, 1.165) is 4.47 Å². The van der Waals surface area contributed by atoms with Crippen LogP contribution in [0.1, 0.15) is 31.3 Å². The first-order valence-corrected chi connectivity index (χ1v) is 8.24. The molecule has 2 rings (SSSR count). The number of primary amides is 1. The molecular formula is C16H19BrN4O4. The minimum Gasteiger partial charge on any atom is -0.444 e. The maximum atomic E-state index is 12.1. The second-order valence-electron chi connectivity index (χ2n) is 6.33. The van der Waals surface area contributed by atoms with Crippen molar-refractivity contribution in [3.8, 4) is 0 Å². The Morgan fingerprint density at radius 1 is 1.28 bits per heavy atom. The molecule has 9 heteroatoms. The molecule has 0 radical (unpaired) electrons. The minimum absolute atomic E-state index is 0.0821. The lowest BCUT2D eigenvalue weighted by Gasteiger charge is -2.19. The molecule has 0 saturated carbocycles. The summed E-state index contributed by atoms with van der Waals surface area (Å²) in [5.74, 6) is -1.23. The molecular weight excluding hydrogens is 392 g/mol. The number of H-pyrrole nitrogens is 1. The van der Waals surface area contributed by atoms with Crippen molar-refractivity contribution in [3.63, 3.8) is 0 Å². The molecule has 0 saturated heterocycles. The zero-order valence-electron chi connectivity index (χ0n) is 14.0. The predicted molar refractivity (Wildman–Crippen MR) is 97.4 cm³/mol. The lowest BCUT2D eigenvalue weighted by Crippen LogP contribution is -2.37. The Balaban J connectivity index is 2.15. The summed E-state index contributed by atoms with van der Waals surface area (Å²) in [4.78, 5) is 38.2. The Labute approximate surface area is 152 Å². The fourth-order valence-corrected chi connectivity index (χ4v) is 2.49. The van der Waals surface area contributed by atoms with E-state index in [1.54, 1.807) is 39.0 Å². The van der Waals surface area contributed by atoms with Gasteiger partial charge in [-0.25, -0.2) is 4.79 Å². The molecule has 0 aliphatic rings. The van der Waals surface area contributed by atoms with E-state index in [4.69, 9.17) is 10.5 Å². The van der Waals surface area contributed by atoms with Gasteiger partial charge in [-0.1, -0.05) is 15.9 Å². The van der Waals surface area contributed by atoms with Gasteiger partial charge in [0.1, 0.15) is 17.8 Å². The highest BCUT2D eigenvalue weighted by atomic mass is 79.9. The van der Waals surface area contributed by atoms with Gasteiger partial charge in [0, 0.05) is 15.4 Å². The molecule has 25 heavy (non-hydrogen) atoms. The summed E-state index contributed by atoms with van der Waals surface area (Å²) in [5, 5.41) is 5.57. The van der Waals surface area contributed by atoms with E-state index >= 15 is 0 Å². The molecule has 0 fully saturated rings. The first kappa shape index (κ1) is 18.8. The van der Waals surface area contributed by atoms with Gasteiger partial charge in [-0.3, -0.25) is 9.59 Å². The molecule has 3 amide bonds. The summed E-state index contributed by atoms with van der Waals surface area (Å²) >= 11 is 3.34. The van der Waals surface area contributed by atoms with Gasteiger partial charge in [-0.2, -0.15) is 0 Å². The second-order valence-corrected chi connectivity index (χ2v) is 7.25. The molecule has 1 heterocycles. The number of aromatic nitrogens is 1. The molecule has 1 aromatic heterocycles. The third-order valence-corrected chi connectivity index (χ3v) is 3.56. The van der Waals surface area contributed by atoms with E-state index in [1.807, 2.05) is 0 Å². The van der Waals surface area contributed by atoms with Crippen molar-refractivity contribution in [2.75, 3.05) is 11.9 Å². The molecule has 0 spiro atoms. The van der Waals surface area contributed by atoms with Gasteiger partial charge in [0.15, 0.2) is 0 Å². The van der Waals surface area contributed by atoms with Crippen LogP contribution in [0, 0.1) is 0 Å². The van der Waals surface area contributed by atoms with E-state index < -0.39 is 23.5 Å². The lowest BCUT2D eigenvalue weighted by atomic mass is 10.2. The zero-order chi connectivity index (χ0) is 18.8. The highest BCUT2D eigenvalue weighted by Crippen LogP contribution is 2.30. The number of carbonyl (C=O) groups is 3. The van der Waals surface area contributed by atoms with Gasteiger partial charge < -0.3 is 26.1 Å². The van der Waals surface area contributed by atoms with Crippen LogP contribution in [0.3, 0.4) is 0 Å². The van der Waals surface area contributed by atoms with Crippen LogP contribution in [0.5, 0.6) is 0 Å². The van der Waals surface area contributed by atoms with Gasteiger partial charge in [0.2, 0.25) is 5.91 Å². The molecule has 8 nitrogen and oxygen atoms in total. The third-order valence-electron chi connectivity index (χ3n) is 3.06. The first-order valence-electron chi connectivity index (χ1n) is 7.44. The van der Waals surface area contributed by atoms with Gasteiger partial charge >= 0.3 is 6.09 Å². The number of halogens is 1. The van der Waals surface area contributed by atoms with Crippen molar-refractivity contribution < 1.29 is 19.1 Å². The van der Waals surface area contributed by atoms with Gasteiger partial charge in [-0.05, 0) is 39.0 Å². The number of amides is 3. The van der Waals surface area contributed by atoms with Crippen molar-refractivity contribution >= 4 is 50.4 Å². The normalized spacial score (nSPS) is 11.2. The molecule has 134 valence electrons. The van der Waals surface area contributed by atoms with Crippen molar-refractivity contribution in [2.24, 2.45) is 5.73 Å². The number of nitrogens with two attached hydrogens (primary N) is 1. The number of alkyl carbamates (subject to hydrolysis) is 1. The van der Waals surface area contributed by atoms with Gasteiger partial charge in [0.25, 0.3) is 5.91 Å². The van der Waals surface area contributed by atoms with Crippen molar-refractivity contribution in [2.45, 2.75) is 26.4 Å². The standard InChI is InChI=1S/C16H19BrN4O4/c1-16(2,3)25-15(24)19-7-11(22)21-12-9-6-8(17)4-5-10(9)20-13(12)14(18)23/h4-6,20H,7H2,1-3H3,(H2,18,23)(H,19,24)(H,21,22). The van der Waals surface area contributed by atoms with Crippen LogP contribution >= 0.6 is 15.9 Å². The maximum Gasteiger partial charge on any atom is 0.408 e. The number of aromatic amines is 1. The van der Waals surface area contributed by atoms with Gasteiger partial charge in [0.05, 0.1) is 5.69 Å². The number of carbonyl (C=O) groups excluding carboxylic acids is 3. The molecule has 0 bridgehead atoms. The number of nitrogens with one attached hydrogen (secondary N) is 3. The topological polar surface area (TPSA) is 126 Å². The first-order chi connectivity index (χ1) is 11.6. The number of fused-ring (bicyclic) bond motifs is 1. The van der Waals surface area contributed by atoms with E-state index in [1.165, 1.54) is 0 Å². The Morgan fingerprint density at radius 3 is 2.56 bits per heavy atom. The summed E-state index contributed by atoms with van der Waals surface area (Å²) in [6, 6.07) is 5.29. The van der Waals surface area contributed by atoms with E-state index in [2.05, 4.69) is 31.5 Å². The summed E-state index contributed by atoms with van der Waals surface area (Å²) in [6.45, 7) is 4.84. The molecule has 0 aliphatic carbocycles. The monoisotopic (exact) mass is 410 g/mol. The molecule has 0 aliphatic heterocycles. The number of hydrogen-bond donors (Lipinski definition) is 4. The predicted octanol–water partition coefficient (Wildman–Crippen LogP) is 2.49. The van der Waals surface area contributed by atoms with Crippen LogP contribution in [0.25, 0.3) is 10.9 Å². The number of hydrogen-bond acceptors (Lipinski definition) is 4. The van der Waals surface area contributed by atoms with Crippen LogP contribution in [0.2, 0.25) is 0 Å². The summed E-state index contributed by atoms with van der Waals surface area (Å²) in [7, 11) is 0. The lowest BCUT2D eigenvalue weighted by molar-refractivity contribution is -0.115. The average Bonchev–Trinajstić information content (AvgIpc) is 2.82. The Hall–Kier alpha value is -2.55. The fourth-order valence-electron chi connectivity index (χ4n) is 2.13. The second kappa shape index (κ2) is 7.14. The molecule has 2 aromatic rings. The third kappa shape index (κ3) is 4.96. The largest absolute Gasteiger partial charge is 0.444 e. The zero-order valence-corrected chi connectivity index (χ0v) is 15.6. The number of benzene rings is 1. The van der Waals surface area contributed by atoms with Crippen molar-refractivity contribution in [1.29, 1.82) is 0 Å². The number of ether oxygens (including phenoxy) is 1. The molecule has 1 aromatic carbocycles. The highest BCUT2D eigenvalue weighted by molar-refractivity contribution is 9.10. The Bertz CT molecular complexity index is 839. The quantitative estimate of drug-likeness (QED) is 0.617. The number of rotatable bonds is 4.